The second-order valence-corrected chi connectivity index (χ2v) is 10.8. The minimum Gasteiger partial charge on any atom is -0.342 e. The highest BCUT2D eigenvalue weighted by molar-refractivity contribution is 7.91. The van der Waals surface area contributed by atoms with E-state index in [1.165, 1.54) is 28.6 Å². The van der Waals surface area contributed by atoms with Crippen molar-refractivity contribution in [3.63, 3.8) is 0 Å². The number of carbonyl (C=O) groups excluding carboxylic acids is 1. The Morgan fingerprint density at radius 1 is 1.00 bits per heavy atom. The third-order valence-electron chi connectivity index (χ3n) is 4.89. The second-order valence-electron chi connectivity index (χ2n) is 6.85. The lowest BCUT2D eigenvalue weighted by molar-refractivity contribution is -0.132. The molecule has 1 fully saturated rings. The summed E-state index contributed by atoms with van der Waals surface area (Å²) >= 11 is 0. The predicted octanol–water partition coefficient (Wildman–Crippen LogP) is 0.655. The number of hydrogen-bond donors (Lipinski definition) is 0. The zero-order valence-corrected chi connectivity index (χ0v) is 18.3. The average molecular weight is 432 g/mol. The lowest BCUT2D eigenvalue weighted by atomic mass is 10.3. The van der Waals surface area contributed by atoms with Crippen LogP contribution in [0.15, 0.2) is 34.1 Å². The zero-order valence-electron chi connectivity index (χ0n) is 16.7. The van der Waals surface area contributed by atoms with Gasteiger partial charge in [0.05, 0.1) is 16.3 Å². The molecular weight excluding hydrogens is 402 g/mol. The van der Waals surface area contributed by atoms with Crippen molar-refractivity contribution in [1.82, 2.24) is 14.1 Å². The summed E-state index contributed by atoms with van der Waals surface area (Å²) in [4.78, 5) is 16.0. The summed E-state index contributed by atoms with van der Waals surface area (Å²) in [5.41, 5.74) is 0. The van der Waals surface area contributed by atoms with Gasteiger partial charge in [0.25, 0.3) is 0 Å². The maximum atomic E-state index is 13.0. The van der Waals surface area contributed by atoms with Crippen LogP contribution in [-0.4, -0.2) is 88.9 Å². The van der Waals surface area contributed by atoms with Crippen LogP contribution in [0, 0.1) is 0 Å². The smallest absolute Gasteiger partial charge is 0.243 e. The number of amides is 1. The number of likely N-dealkylation sites (N-methyl/N-ethyl adjacent to an activating group) is 1. The third-order valence-corrected chi connectivity index (χ3v) is 7.90. The lowest BCUT2D eigenvalue weighted by Gasteiger charge is -2.25. The Labute approximate surface area is 168 Å². The van der Waals surface area contributed by atoms with Gasteiger partial charge in [-0.3, -0.25) is 9.69 Å². The molecule has 2 rings (SSSR count). The Bertz CT molecular complexity index is 896. The molecule has 0 radical (unpaired) electrons. The highest BCUT2D eigenvalue weighted by Crippen LogP contribution is 2.21. The fourth-order valence-corrected chi connectivity index (χ4v) is 5.49. The molecule has 28 heavy (non-hydrogen) atoms. The molecule has 0 aliphatic carbocycles. The van der Waals surface area contributed by atoms with Crippen molar-refractivity contribution in [1.29, 1.82) is 0 Å². The van der Waals surface area contributed by atoms with Crippen LogP contribution < -0.4 is 0 Å². The van der Waals surface area contributed by atoms with E-state index in [9.17, 15) is 21.6 Å². The van der Waals surface area contributed by atoms with Gasteiger partial charge in [-0.25, -0.2) is 16.8 Å². The van der Waals surface area contributed by atoms with Gasteiger partial charge in [-0.1, -0.05) is 6.07 Å². The Kier molecular flexibility index (Phi) is 7.60. The van der Waals surface area contributed by atoms with Crippen molar-refractivity contribution in [2.75, 3.05) is 52.1 Å². The number of nitrogens with zero attached hydrogens (tertiary/aromatic N) is 3. The van der Waals surface area contributed by atoms with Crippen molar-refractivity contribution in [2.24, 2.45) is 0 Å². The van der Waals surface area contributed by atoms with Crippen LogP contribution in [0.3, 0.4) is 0 Å². The quantitative estimate of drug-likeness (QED) is 0.629. The van der Waals surface area contributed by atoms with Gasteiger partial charge in [0, 0.05) is 39.0 Å². The first kappa shape index (κ1) is 22.8. The molecular formula is C18H29N3O5S2. The Morgan fingerprint density at radius 2 is 1.64 bits per heavy atom. The van der Waals surface area contributed by atoms with E-state index in [0.29, 0.717) is 39.1 Å². The van der Waals surface area contributed by atoms with E-state index in [1.54, 1.807) is 4.90 Å². The summed E-state index contributed by atoms with van der Waals surface area (Å²) in [5, 5.41) is 0. The van der Waals surface area contributed by atoms with Gasteiger partial charge in [-0.15, -0.1) is 0 Å². The molecule has 0 spiro atoms. The van der Waals surface area contributed by atoms with E-state index in [4.69, 9.17) is 0 Å². The van der Waals surface area contributed by atoms with Gasteiger partial charge in [0.15, 0.2) is 9.84 Å². The Balaban J connectivity index is 2.12. The first-order valence-corrected chi connectivity index (χ1v) is 12.7. The van der Waals surface area contributed by atoms with Gasteiger partial charge in [0.1, 0.15) is 0 Å². The van der Waals surface area contributed by atoms with Gasteiger partial charge in [0.2, 0.25) is 15.9 Å². The number of benzene rings is 1. The predicted molar refractivity (Wildman–Crippen MR) is 107 cm³/mol. The molecule has 1 saturated heterocycles. The minimum atomic E-state index is -3.80. The third kappa shape index (κ3) is 5.53. The Hall–Kier alpha value is -1.49. The van der Waals surface area contributed by atoms with Gasteiger partial charge >= 0.3 is 0 Å². The zero-order chi connectivity index (χ0) is 20.9. The highest BCUT2D eigenvalue weighted by atomic mass is 32.2. The number of sulfone groups is 1. The second kappa shape index (κ2) is 9.34. The topological polar surface area (TPSA) is 95.1 Å². The number of rotatable bonds is 7. The number of carbonyl (C=O) groups is 1. The molecule has 1 heterocycles. The van der Waals surface area contributed by atoms with Crippen molar-refractivity contribution < 1.29 is 21.6 Å². The fraction of sp³-hybridized carbons (Fsp3) is 0.611. The maximum absolute atomic E-state index is 13.0. The minimum absolute atomic E-state index is 0.0187. The first-order valence-electron chi connectivity index (χ1n) is 9.40. The van der Waals surface area contributed by atoms with E-state index in [2.05, 4.69) is 0 Å². The monoisotopic (exact) mass is 431 g/mol. The molecule has 1 aromatic rings. The normalized spacial score (nSPS) is 17.2. The average Bonchev–Trinajstić information content (AvgIpc) is 2.88. The lowest BCUT2D eigenvalue weighted by Crippen LogP contribution is -2.42. The molecule has 0 bridgehead atoms. The summed E-state index contributed by atoms with van der Waals surface area (Å²) in [7, 11) is -7.29. The highest BCUT2D eigenvalue weighted by Gasteiger charge is 2.28. The van der Waals surface area contributed by atoms with Crippen LogP contribution in [0.25, 0.3) is 0 Å². The summed E-state index contributed by atoms with van der Waals surface area (Å²) < 4.78 is 50.8. The molecule has 1 aromatic carbocycles. The molecule has 0 N–H and O–H groups in total. The molecule has 0 unspecified atom stereocenters. The molecule has 1 amide bonds. The molecule has 0 saturated carbocycles. The molecule has 0 atom stereocenters. The van der Waals surface area contributed by atoms with E-state index in [0.717, 1.165) is 6.26 Å². The standard InChI is InChI=1S/C18H29N3O5S2/c1-4-20(5-2)18(22)15-19-10-7-11-21(13-12-19)28(25,26)17-9-6-8-16(14-17)27(3,23)24/h6,8-9,14H,4-5,7,10-13,15H2,1-3H3. The van der Waals surface area contributed by atoms with Crippen molar-refractivity contribution >= 4 is 25.8 Å². The molecule has 8 nitrogen and oxygen atoms in total. The van der Waals surface area contributed by atoms with Crippen LogP contribution in [0.4, 0.5) is 0 Å². The van der Waals surface area contributed by atoms with E-state index >= 15 is 0 Å². The van der Waals surface area contributed by atoms with Gasteiger partial charge < -0.3 is 4.90 Å². The first-order chi connectivity index (χ1) is 13.1. The molecule has 1 aliphatic rings. The number of sulfonamides is 1. The number of hydrogen-bond acceptors (Lipinski definition) is 6. The summed E-state index contributed by atoms with van der Waals surface area (Å²) in [6.07, 6.45) is 1.66. The van der Waals surface area contributed by atoms with Crippen molar-refractivity contribution in [2.45, 2.75) is 30.1 Å². The molecule has 1 aliphatic heterocycles. The van der Waals surface area contributed by atoms with E-state index in [-0.39, 0.29) is 28.8 Å². The summed E-state index contributed by atoms with van der Waals surface area (Å²) in [6.45, 7) is 7.14. The van der Waals surface area contributed by atoms with E-state index in [1.807, 2.05) is 18.7 Å². The van der Waals surface area contributed by atoms with Crippen LogP contribution in [-0.2, 0) is 24.7 Å². The van der Waals surface area contributed by atoms with Gasteiger partial charge in [-0.2, -0.15) is 4.31 Å². The van der Waals surface area contributed by atoms with Crippen molar-refractivity contribution in [3.8, 4) is 0 Å². The van der Waals surface area contributed by atoms with Gasteiger partial charge in [-0.05, 0) is 45.0 Å². The van der Waals surface area contributed by atoms with Crippen LogP contribution in [0.1, 0.15) is 20.3 Å². The van der Waals surface area contributed by atoms with E-state index < -0.39 is 19.9 Å². The molecule has 0 aromatic heterocycles. The SMILES string of the molecule is CCN(CC)C(=O)CN1CCCN(S(=O)(=O)c2cccc(S(C)(=O)=O)c2)CC1. The van der Waals surface area contributed by atoms with Crippen LogP contribution in [0.2, 0.25) is 0 Å². The largest absolute Gasteiger partial charge is 0.342 e. The summed E-state index contributed by atoms with van der Waals surface area (Å²) in [6, 6.07) is 5.45. The molecule has 158 valence electrons. The van der Waals surface area contributed by atoms with Crippen LogP contribution >= 0.6 is 0 Å². The van der Waals surface area contributed by atoms with Crippen LogP contribution in [0.5, 0.6) is 0 Å². The fourth-order valence-electron chi connectivity index (χ4n) is 3.23. The Morgan fingerprint density at radius 3 is 2.25 bits per heavy atom. The molecule has 10 heteroatoms. The van der Waals surface area contributed by atoms with Crippen molar-refractivity contribution in [3.05, 3.63) is 24.3 Å². The maximum Gasteiger partial charge on any atom is 0.243 e. The summed E-state index contributed by atoms with van der Waals surface area (Å²) in [5.74, 6) is 0.0437.